The van der Waals surface area contributed by atoms with Gasteiger partial charge in [-0.3, -0.25) is 0 Å². The Hall–Kier alpha value is -0.0800. The molecule has 0 aromatic carbocycles. The Morgan fingerprint density at radius 1 is 0.938 bits per heavy atom. The van der Waals surface area contributed by atoms with E-state index in [1.54, 1.807) is 0 Å². The minimum atomic E-state index is 0.571. The van der Waals surface area contributed by atoms with Gasteiger partial charge < -0.3 is 9.22 Å². The molecule has 0 saturated heterocycles. The minimum Gasteiger partial charge on any atom is -0.372 e. The van der Waals surface area contributed by atoms with Gasteiger partial charge in [0.2, 0.25) is 0 Å². The van der Waals surface area contributed by atoms with Crippen LogP contribution in [0, 0.1) is 0 Å². The fraction of sp³-hybridized carbons (Fsp3) is 1.00. The zero-order valence-electron chi connectivity index (χ0n) is 11.5. The molecular formula is C14H30NO+. The average molecular weight is 228 g/mol. The lowest BCUT2D eigenvalue weighted by atomic mass is 9.98. The zero-order valence-corrected chi connectivity index (χ0v) is 11.5. The summed E-state index contributed by atoms with van der Waals surface area (Å²) in [6, 6.07) is 0. The molecule has 0 aliphatic heterocycles. The van der Waals surface area contributed by atoms with E-state index in [0.717, 1.165) is 6.61 Å². The van der Waals surface area contributed by atoms with Crippen molar-refractivity contribution in [3.8, 4) is 0 Å². The van der Waals surface area contributed by atoms with Gasteiger partial charge in [0.15, 0.2) is 0 Å². The summed E-state index contributed by atoms with van der Waals surface area (Å²) in [5.41, 5.74) is 0. The first-order chi connectivity index (χ1) is 7.76. The molecule has 0 radical (unpaired) electrons. The van der Waals surface area contributed by atoms with Gasteiger partial charge in [-0.2, -0.15) is 0 Å². The van der Waals surface area contributed by atoms with Gasteiger partial charge in [-0.15, -0.1) is 0 Å². The van der Waals surface area contributed by atoms with Crippen molar-refractivity contribution in [3.05, 3.63) is 0 Å². The number of nitrogens with zero attached hydrogens (tertiary/aromatic N) is 1. The van der Waals surface area contributed by atoms with Crippen molar-refractivity contribution in [1.29, 1.82) is 0 Å². The summed E-state index contributed by atoms with van der Waals surface area (Å²) in [6.45, 7) is 12.8. The SMILES string of the molecule is CC[N+](CC)(CC)CCOC1CCCCC1. The predicted octanol–water partition coefficient (Wildman–Crippen LogP) is 3.21. The van der Waals surface area contributed by atoms with Crippen molar-refractivity contribution >= 4 is 0 Å². The molecule has 2 nitrogen and oxygen atoms in total. The highest BCUT2D eigenvalue weighted by Crippen LogP contribution is 2.20. The molecule has 0 N–H and O–H groups in total. The average Bonchev–Trinajstić information content (AvgIpc) is 2.37. The van der Waals surface area contributed by atoms with Crippen LogP contribution in [-0.2, 0) is 4.74 Å². The Morgan fingerprint density at radius 2 is 1.50 bits per heavy atom. The molecule has 1 aliphatic rings. The van der Waals surface area contributed by atoms with Crippen LogP contribution < -0.4 is 0 Å². The lowest BCUT2D eigenvalue weighted by Gasteiger charge is -2.36. The summed E-state index contributed by atoms with van der Waals surface area (Å²) in [6.07, 6.45) is 7.33. The van der Waals surface area contributed by atoms with Gasteiger partial charge >= 0.3 is 0 Å². The molecule has 0 aromatic heterocycles. The van der Waals surface area contributed by atoms with Crippen LogP contribution in [0.2, 0.25) is 0 Å². The summed E-state index contributed by atoms with van der Waals surface area (Å²) in [5, 5.41) is 0. The maximum absolute atomic E-state index is 6.03. The molecule has 2 heteroatoms. The smallest absolute Gasteiger partial charge is 0.102 e. The van der Waals surface area contributed by atoms with Gasteiger partial charge in [0.25, 0.3) is 0 Å². The molecule has 16 heavy (non-hydrogen) atoms. The van der Waals surface area contributed by atoms with Gasteiger partial charge in [-0.25, -0.2) is 0 Å². The standard InChI is InChI=1S/C14H30NO/c1-4-15(5-2,6-3)12-13-16-14-10-8-7-9-11-14/h14H,4-13H2,1-3H3/q+1. The third-order valence-corrected chi connectivity index (χ3v) is 4.48. The molecule has 0 heterocycles. The van der Waals surface area contributed by atoms with Crippen molar-refractivity contribution in [2.75, 3.05) is 32.8 Å². The summed E-state index contributed by atoms with van der Waals surface area (Å²) in [4.78, 5) is 0. The number of hydrogen-bond donors (Lipinski definition) is 0. The van der Waals surface area contributed by atoms with E-state index in [4.69, 9.17) is 4.74 Å². The lowest BCUT2D eigenvalue weighted by Crippen LogP contribution is -2.49. The van der Waals surface area contributed by atoms with Crippen molar-refractivity contribution < 1.29 is 9.22 Å². The summed E-state index contributed by atoms with van der Waals surface area (Å²) in [7, 11) is 0. The van der Waals surface area contributed by atoms with E-state index >= 15 is 0 Å². The fourth-order valence-corrected chi connectivity index (χ4v) is 2.79. The Bertz CT molecular complexity index is 163. The van der Waals surface area contributed by atoms with Crippen LogP contribution in [0.25, 0.3) is 0 Å². The quantitative estimate of drug-likeness (QED) is 0.608. The Morgan fingerprint density at radius 3 is 2.00 bits per heavy atom. The topological polar surface area (TPSA) is 9.23 Å². The monoisotopic (exact) mass is 228 g/mol. The predicted molar refractivity (Wildman–Crippen MR) is 69.6 cm³/mol. The number of likely N-dealkylation sites (N-methyl/N-ethyl adjacent to an activating group) is 1. The third-order valence-electron chi connectivity index (χ3n) is 4.48. The molecule has 1 saturated carbocycles. The van der Waals surface area contributed by atoms with Crippen LogP contribution >= 0.6 is 0 Å². The molecule has 1 fully saturated rings. The summed E-state index contributed by atoms with van der Waals surface area (Å²) in [5.74, 6) is 0. The highest BCUT2D eigenvalue weighted by molar-refractivity contribution is 4.64. The molecule has 0 unspecified atom stereocenters. The second-order valence-electron chi connectivity index (χ2n) is 5.14. The maximum Gasteiger partial charge on any atom is 0.102 e. The van der Waals surface area contributed by atoms with Crippen molar-refractivity contribution in [2.45, 2.75) is 59.0 Å². The van der Waals surface area contributed by atoms with E-state index in [-0.39, 0.29) is 0 Å². The molecule has 0 spiro atoms. The number of ether oxygens (including phenoxy) is 1. The van der Waals surface area contributed by atoms with Crippen LogP contribution in [0.1, 0.15) is 52.9 Å². The highest BCUT2D eigenvalue weighted by atomic mass is 16.5. The van der Waals surface area contributed by atoms with E-state index in [9.17, 15) is 0 Å². The Balaban J connectivity index is 2.21. The number of hydrogen-bond acceptors (Lipinski definition) is 1. The maximum atomic E-state index is 6.03. The van der Waals surface area contributed by atoms with Crippen LogP contribution in [0.15, 0.2) is 0 Å². The van der Waals surface area contributed by atoms with Crippen LogP contribution in [0.3, 0.4) is 0 Å². The first kappa shape index (κ1) is 14.0. The number of quaternary nitrogens is 1. The second-order valence-corrected chi connectivity index (χ2v) is 5.14. The highest BCUT2D eigenvalue weighted by Gasteiger charge is 2.21. The van der Waals surface area contributed by atoms with Crippen molar-refractivity contribution in [1.82, 2.24) is 0 Å². The van der Waals surface area contributed by atoms with Gasteiger partial charge in [0, 0.05) is 0 Å². The Labute approximate surface area is 102 Å². The fourth-order valence-electron chi connectivity index (χ4n) is 2.79. The molecule has 1 aliphatic carbocycles. The van der Waals surface area contributed by atoms with E-state index in [0.29, 0.717) is 6.10 Å². The van der Waals surface area contributed by atoms with Gasteiger partial charge in [0.05, 0.1) is 32.3 Å². The largest absolute Gasteiger partial charge is 0.372 e. The van der Waals surface area contributed by atoms with Crippen LogP contribution in [0.4, 0.5) is 0 Å². The van der Waals surface area contributed by atoms with E-state index in [1.165, 1.54) is 62.8 Å². The van der Waals surface area contributed by atoms with Crippen LogP contribution in [-0.4, -0.2) is 43.4 Å². The summed E-state index contributed by atoms with van der Waals surface area (Å²) >= 11 is 0. The normalized spacial score (nSPS) is 18.9. The Kier molecular flexibility index (Phi) is 6.37. The first-order valence-electron chi connectivity index (χ1n) is 7.23. The van der Waals surface area contributed by atoms with Crippen molar-refractivity contribution in [2.24, 2.45) is 0 Å². The molecule has 0 amide bonds. The van der Waals surface area contributed by atoms with E-state index in [2.05, 4.69) is 20.8 Å². The molecule has 96 valence electrons. The van der Waals surface area contributed by atoms with Gasteiger partial charge in [-0.05, 0) is 33.6 Å². The zero-order chi connectivity index (χ0) is 11.9. The summed E-state index contributed by atoms with van der Waals surface area (Å²) < 4.78 is 7.24. The van der Waals surface area contributed by atoms with Crippen molar-refractivity contribution in [3.63, 3.8) is 0 Å². The number of rotatable bonds is 7. The second kappa shape index (κ2) is 7.29. The molecular weight excluding hydrogens is 198 g/mol. The van der Waals surface area contributed by atoms with Crippen LogP contribution in [0.5, 0.6) is 0 Å². The molecule has 0 atom stereocenters. The third kappa shape index (κ3) is 4.06. The van der Waals surface area contributed by atoms with Gasteiger partial charge in [-0.1, -0.05) is 19.3 Å². The first-order valence-corrected chi connectivity index (χ1v) is 7.23. The van der Waals surface area contributed by atoms with E-state index in [1.807, 2.05) is 0 Å². The molecule has 0 bridgehead atoms. The molecule has 1 rings (SSSR count). The van der Waals surface area contributed by atoms with E-state index < -0.39 is 0 Å². The minimum absolute atomic E-state index is 0.571. The molecule has 0 aromatic rings. The lowest BCUT2D eigenvalue weighted by molar-refractivity contribution is -0.923. The van der Waals surface area contributed by atoms with Gasteiger partial charge in [0.1, 0.15) is 6.54 Å².